The zero-order valence-corrected chi connectivity index (χ0v) is 12.2. The minimum atomic E-state index is -1.35. The maximum atomic E-state index is 6.17. The van der Waals surface area contributed by atoms with E-state index >= 15 is 0 Å². The second-order valence-electron chi connectivity index (χ2n) is 5.81. The van der Waals surface area contributed by atoms with E-state index in [4.69, 9.17) is 4.43 Å². The monoisotopic (exact) mass is 212 g/mol. The first-order chi connectivity index (χ1) is 5.89. The fourth-order valence-electron chi connectivity index (χ4n) is 2.56. The van der Waals surface area contributed by atoms with Gasteiger partial charge in [-0.05, 0) is 50.9 Å². The summed E-state index contributed by atoms with van der Waals surface area (Å²) < 4.78 is 6.17. The lowest BCUT2D eigenvalue weighted by Gasteiger charge is -2.31. The van der Waals surface area contributed by atoms with Gasteiger partial charge in [0, 0.05) is 15.3 Å². The predicted octanol–water partition coefficient (Wildman–Crippen LogP) is 2.06. The van der Waals surface area contributed by atoms with Gasteiger partial charge in [0.05, 0.1) is 5.76 Å². The molecule has 1 nitrogen and oxygen atoms in total. The van der Waals surface area contributed by atoms with Gasteiger partial charge in [0.25, 0.3) is 0 Å². The van der Waals surface area contributed by atoms with Gasteiger partial charge in [-0.3, -0.25) is 0 Å². The minimum Gasteiger partial charge on any atom is -0.547 e. The second kappa shape index (κ2) is 2.73. The summed E-state index contributed by atoms with van der Waals surface area (Å²) >= 11 is 0. The maximum Gasteiger partial charge on any atom is 0.241 e. The third kappa shape index (κ3) is 1.77. The zero-order chi connectivity index (χ0) is 9.69. The van der Waals surface area contributed by atoms with E-state index < -0.39 is 8.32 Å². The Labute approximate surface area is 85.1 Å². The number of hydrogen-bond donors (Lipinski definition) is 0. The summed E-state index contributed by atoms with van der Waals surface area (Å²) in [5, 5.41) is 0.547. The van der Waals surface area contributed by atoms with Gasteiger partial charge in [0.15, 0.2) is 0 Å². The van der Waals surface area contributed by atoms with Crippen molar-refractivity contribution in [1.82, 2.24) is 0 Å². The number of fused-ring (bicyclic) bond motifs is 2. The van der Waals surface area contributed by atoms with Crippen molar-refractivity contribution in [2.45, 2.75) is 43.9 Å². The van der Waals surface area contributed by atoms with Gasteiger partial charge in [-0.25, -0.2) is 0 Å². The zero-order valence-electron chi connectivity index (χ0n) is 9.18. The Hall–Kier alpha value is -0.0262. The fraction of sp³-hybridized carbons (Fsp3) is 0.800. The van der Waals surface area contributed by atoms with Crippen LogP contribution in [0.3, 0.4) is 0 Å². The molecule has 2 atom stereocenters. The fourth-order valence-corrected chi connectivity index (χ4v) is 4.82. The van der Waals surface area contributed by atoms with Crippen LogP contribution in [0.4, 0.5) is 0 Å². The highest BCUT2D eigenvalue weighted by molar-refractivity contribution is 6.70. The highest BCUT2D eigenvalue weighted by atomic mass is 28.4. The van der Waals surface area contributed by atoms with E-state index in [0.29, 0.717) is 5.04 Å². The maximum absolute atomic E-state index is 6.17. The molecular formula is C10H20OSi2. The quantitative estimate of drug-likeness (QED) is 0.637. The van der Waals surface area contributed by atoms with E-state index in [2.05, 4.69) is 25.7 Å². The van der Waals surface area contributed by atoms with Gasteiger partial charge in [-0.15, -0.1) is 0 Å². The van der Waals surface area contributed by atoms with E-state index in [-0.39, 0.29) is 0 Å². The van der Waals surface area contributed by atoms with Crippen LogP contribution in [0.1, 0.15) is 19.3 Å². The molecule has 0 aromatic rings. The second-order valence-corrected chi connectivity index (χ2v) is 12.2. The molecule has 0 N–H and O–H groups in total. The van der Waals surface area contributed by atoms with Gasteiger partial charge < -0.3 is 4.43 Å². The lowest BCUT2D eigenvalue weighted by atomic mass is 10.1. The van der Waals surface area contributed by atoms with E-state index in [1.807, 2.05) is 0 Å². The van der Waals surface area contributed by atoms with Crippen LogP contribution in [0.15, 0.2) is 11.8 Å². The van der Waals surface area contributed by atoms with E-state index in [9.17, 15) is 0 Å². The Kier molecular flexibility index (Phi) is 2.00. The molecule has 0 saturated heterocycles. The normalized spacial score (nSPS) is 38.1. The number of rotatable bonds is 2. The van der Waals surface area contributed by atoms with Crippen LogP contribution in [0, 0.1) is 5.92 Å². The minimum absolute atomic E-state index is 0.547. The van der Waals surface area contributed by atoms with Crippen LogP contribution in [0.25, 0.3) is 0 Å². The Morgan fingerprint density at radius 3 is 2.62 bits per heavy atom. The van der Waals surface area contributed by atoms with Crippen molar-refractivity contribution in [2.75, 3.05) is 0 Å². The first-order valence-corrected chi connectivity index (χ1v) is 9.71. The lowest BCUT2D eigenvalue weighted by Crippen LogP contribution is -2.28. The summed E-state index contributed by atoms with van der Waals surface area (Å²) in [6.45, 7) is 6.85. The molecule has 0 radical (unpaired) electrons. The Bertz CT molecular complexity index is 254. The van der Waals surface area contributed by atoms with Gasteiger partial charge >= 0.3 is 0 Å². The highest BCUT2D eigenvalue weighted by Gasteiger charge is 2.45. The summed E-state index contributed by atoms with van der Waals surface area (Å²) in [6.07, 6.45) is 6.65. The summed E-state index contributed by atoms with van der Waals surface area (Å²) in [7, 11) is -0.0728. The molecule has 0 spiro atoms. The molecule has 2 rings (SSSR count). The van der Waals surface area contributed by atoms with Gasteiger partial charge in [-0.2, -0.15) is 0 Å². The Balaban J connectivity index is 2.13. The van der Waals surface area contributed by atoms with Crippen molar-refractivity contribution in [1.29, 1.82) is 0 Å². The number of hydrogen-bond acceptors (Lipinski definition) is 1. The molecule has 0 aromatic heterocycles. The molecule has 2 bridgehead atoms. The molecule has 2 unspecified atom stereocenters. The van der Waals surface area contributed by atoms with Crippen molar-refractivity contribution in [3.8, 4) is 0 Å². The molecule has 74 valence electrons. The standard InChI is InChI=1S/C10H20OSi2/c1-13(2,3)11-9-6-8-4-5-10(9,12)7-8/h6,8H,4-5,7H2,1-3,12H3. The lowest BCUT2D eigenvalue weighted by molar-refractivity contribution is 0.360. The SMILES string of the molecule is C[Si](C)(C)OC1=CC2CCC1([SiH3])C2. The molecule has 0 aliphatic heterocycles. The van der Waals surface area contributed by atoms with Crippen molar-refractivity contribution >= 4 is 18.6 Å². The molecule has 13 heavy (non-hydrogen) atoms. The summed E-state index contributed by atoms with van der Waals surface area (Å²) in [4.78, 5) is 0. The van der Waals surface area contributed by atoms with Crippen molar-refractivity contribution < 1.29 is 4.43 Å². The van der Waals surface area contributed by atoms with E-state index in [0.717, 1.165) is 5.92 Å². The highest BCUT2D eigenvalue weighted by Crippen LogP contribution is 2.57. The van der Waals surface area contributed by atoms with Crippen LogP contribution in [-0.2, 0) is 4.43 Å². The molecule has 3 heteroatoms. The first-order valence-electron chi connectivity index (χ1n) is 5.30. The summed E-state index contributed by atoms with van der Waals surface area (Å²) in [6, 6.07) is 0. The summed E-state index contributed by atoms with van der Waals surface area (Å²) in [5.41, 5.74) is 0. The van der Waals surface area contributed by atoms with Crippen LogP contribution in [-0.4, -0.2) is 18.6 Å². The molecule has 2 aliphatic rings. The van der Waals surface area contributed by atoms with Gasteiger partial charge in [0.1, 0.15) is 0 Å². The van der Waals surface area contributed by atoms with Crippen LogP contribution in [0.2, 0.25) is 24.7 Å². The molecule has 0 heterocycles. The van der Waals surface area contributed by atoms with Crippen LogP contribution >= 0.6 is 0 Å². The third-order valence-electron chi connectivity index (χ3n) is 3.18. The van der Waals surface area contributed by atoms with Crippen molar-refractivity contribution in [3.05, 3.63) is 11.8 Å². The number of allylic oxidation sites excluding steroid dienone is 2. The van der Waals surface area contributed by atoms with Gasteiger partial charge in [0.2, 0.25) is 8.32 Å². The summed E-state index contributed by atoms with van der Waals surface area (Å²) in [5.74, 6) is 2.25. The molecule has 0 amide bonds. The largest absolute Gasteiger partial charge is 0.547 e. The third-order valence-corrected chi connectivity index (χ3v) is 5.41. The average Bonchev–Trinajstić information content (AvgIpc) is 2.39. The van der Waals surface area contributed by atoms with Crippen LogP contribution in [0.5, 0.6) is 0 Å². The van der Waals surface area contributed by atoms with E-state index in [1.54, 1.807) is 0 Å². The van der Waals surface area contributed by atoms with Crippen LogP contribution < -0.4 is 0 Å². The molecule has 1 fully saturated rings. The Morgan fingerprint density at radius 1 is 1.54 bits per heavy atom. The molecule has 1 saturated carbocycles. The average molecular weight is 212 g/mol. The van der Waals surface area contributed by atoms with E-state index in [1.165, 1.54) is 35.3 Å². The predicted molar refractivity (Wildman–Crippen MR) is 62.5 cm³/mol. The molecular weight excluding hydrogens is 192 g/mol. The van der Waals surface area contributed by atoms with Gasteiger partial charge in [-0.1, -0.05) is 0 Å². The molecule has 0 aromatic carbocycles. The van der Waals surface area contributed by atoms with Crippen molar-refractivity contribution in [2.24, 2.45) is 5.92 Å². The topological polar surface area (TPSA) is 9.23 Å². The van der Waals surface area contributed by atoms with Crippen molar-refractivity contribution in [3.63, 3.8) is 0 Å². The molecule has 2 aliphatic carbocycles. The smallest absolute Gasteiger partial charge is 0.241 e. The Morgan fingerprint density at radius 2 is 2.23 bits per heavy atom. The first kappa shape index (κ1) is 9.53.